The predicted molar refractivity (Wildman–Crippen MR) is 149 cm³/mol. The zero-order valence-corrected chi connectivity index (χ0v) is 22.0. The highest BCUT2D eigenvalue weighted by atomic mass is 16.5. The maximum atomic E-state index is 13.3. The third kappa shape index (κ3) is 7.11. The van der Waals surface area contributed by atoms with Crippen molar-refractivity contribution in [1.29, 1.82) is 0 Å². The van der Waals surface area contributed by atoms with Gasteiger partial charge >= 0.3 is 0 Å². The summed E-state index contributed by atoms with van der Waals surface area (Å²) >= 11 is 0. The second kappa shape index (κ2) is 12.9. The number of pyridine rings is 1. The number of H-pyrrole nitrogens is 1. The molecule has 2 aromatic carbocycles. The number of hydroxylamine groups is 1. The van der Waals surface area contributed by atoms with Crippen molar-refractivity contribution in [3.05, 3.63) is 66.0 Å². The summed E-state index contributed by atoms with van der Waals surface area (Å²) in [6.07, 6.45) is 4.08. The number of carbonyl (C=O) groups is 3. The van der Waals surface area contributed by atoms with Gasteiger partial charge in [0.15, 0.2) is 0 Å². The molecule has 204 valence electrons. The smallest absolute Gasteiger partial charge is 0.246 e. The van der Waals surface area contributed by atoms with Gasteiger partial charge in [0, 0.05) is 28.4 Å². The molecule has 0 fully saturated rings. The predicted octanol–water partition coefficient (Wildman–Crippen LogP) is 4.16. The van der Waals surface area contributed by atoms with Crippen molar-refractivity contribution >= 4 is 45.2 Å². The third-order valence-corrected chi connectivity index (χ3v) is 6.70. The van der Waals surface area contributed by atoms with E-state index in [1.54, 1.807) is 18.8 Å². The van der Waals surface area contributed by atoms with Gasteiger partial charge in [-0.15, -0.1) is 0 Å². The Morgan fingerprint density at radius 2 is 1.87 bits per heavy atom. The second-order valence-electron chi connectivity index (χ2n) is 9.48. The Morgan fingerprint density at radius 1 is 1.05 bits per heavy atom. The van der Waals surface area contributed by atoms with Crippen LogP contribution in [0.5, 0.6) is 5.75 Å². The highest BCUT2D eigenvalue weighted by molar-refractivity contribution is 5.99. The molecular formula is C29H33N5O5. The lowest BCUT2D eigenvalue weighted by Crippen LogP contribution is -2.44. The molecule has 0 unspecified atom stereocenters. The van der Waals surface area contributed by atoms with Crippen LogP contribution in [-0.4, -0.2) is 46.0 Å². The molecule has 10 heteroatoms. The van der Waals surface area contributed by atoms with Crippen LogP contribution in [0.1, 0.15) is 43.4 Å². The minimum absolute atomic E-state index is 0.0942. The summed E-state index contributed by atoms with van der Waals surface area (Å²) in [6, 6.07) is 14.3. The lowest BCUT2D eigenvalue weighted by molar-refractivity contribution is -0.129. The number of fused-ring (bicyclic) bond motifs is 2. The summed E-state index contributed by atoms with van der Waals surface area (Å²) in [5.41, 5.74) is 5.59. The van der Waals surface area contributed by atoms with E-state index in [-0.39, 0.29) is 24.7 Å². The first kappa shape index (κ1) is 27.6. The number of hydrogen-bond donors (Lipinski definition) is 5. The maximum Gasteiger partial charge on any atom is 0.246 e. The van der Waals surface area contributed by atoms with Crippen LogP contribution in [0, 0.1) is 6.92 Å². The van der Waals surface area contributed by atoms with E-state index in [0.29, 0.717) is 37.1 Å². The van der Waals surface area contributed by atoms with Crippen LogP contribution in [0.2, 0.25) is 0 Å². The molecule has 39 heavy (non-hydrogen) atoms. The van der Waals surface area contributed by atoms with Crippen molar-refractivity contribution in [3.8, 4) is 5.75 Å². The van der Waals surface area contributed by atoms with Gasteiger partial charge in [0.1, 0.15) is 11.8 Å². The number of benzene rings is 2. The highest BCUT2D eigenvalue weighted by Crippen LogP contribution is 2.27. The number of carbonyl (C=O) groups excluding carboxylic acids is 3. The molecule has 0 aliphatic rings. The van der Waals surface area contributed by atoms with Crippen LogP contribution in [0.15, 0.2) is 54.7 Å². The summed E-state index contributed by atoms with van der Waals surface area (Å²) in [6.45, 7) is 1.91. The number of rotatable bonds is 12. The fourth-order valence-corrected chi connectivity index (χ4v) is 4.63. The average Bonchev–Trinajstić information content (AvgIpc) is 3.25. The number of unbranched alkanes of at least 4 members (excludes halogenated alkanes) is 2. The lowest BCUT2D eigenvalue weighted by atomic mass is 10.0. The van der Waals surface area contributed by atoms with E-state index in [1.807, 2.05) is 55.5 Å². The van der Waals surface area contributed by atoms with Crippen LogP contribution in [0.25, 0.3) is 21.8 Å². The van der Waals surface area contributed by atoms with Crippen molar-refractivity contribution in [3.63, 3.8) is 0 Å². The van der Waals surface area contributed by atoms with Gasteiger partial charge in [0.25, 0.3) is 0 Å². The molecule has 0 aliphatic heterocycles. The van der Waals surface area contributed by atoms with E-state index in [9.17, 15) is 14.4 Å². The van der Waals surface area contributed by atoms with E-state index >= 15 is 0 Å². The Kier molecular flexibility index (Phi) is 9.11. The topological polar surface area (TPSA) is 145 Å². The fraction of sp³-hybridized carbons (Fsp3) is 0.310. The summed E-state index contributed by atoms with van der Waals surface area (Å²) in [5.74, 6) is -0.379. The number of hydrogen-bond acceptors (Lipinski definition) is 6. The Morgan fingerprint density at radius 3 is 2.67 bits per heavy atom. The maximum absolute atomic E-state index is 13.3. The van der Waals surface area contributed by atoms with Crippen molar-refractivity contribution in [1.82, 2.24) is 20.8 Å². The number of anilines is 1. The first-order valence-corrected chi connectivity index (χ1v) is 12.9. The first-order valence-electron chi connectivity index (χ1n) is 12.9. The Balaban J connectivity index is 1.46. The highest BCUT2D eigenvalue weighted by Gasteiger charge is 2.22. The monoisotopic (exact) mass is 531 g/mol. The molecule has 0 bridgehead atoms. The molecule has 0 saturated heterocycles. The van der Waals surface area contributed by atoms with Crippen LogP contribution in [0.4, 0.5) is 5.69 Å². The van der Waals surface area contributed by atoms with Crippen LogP contribution in [0.3, 0.4) is 0 Å². The Labute approximate surface area is 226 Å². The molecular weight excluding hydrogens is 498 g/mol. The molecule has 5 N–H and O–H groups in total. The number of aromatic nitrogens is 2. The van der Waals surface area contributed by atoms with Gasteiger partial charge in [-0.3, -0.25) is 24.6 Å². The van der Waals surface area contributed by atoms with Gasteiger partial charge in [-0.1, -0.05) is 31.0 Å². The molecule has 10 nitrogen and oxygen atoms in total. The van der Waals surface area contributed by atoms with E-state index in [0.717, 1.165) is 33.1 Å². The summed E-state index contributed by atoms with van der Waals surface area (Å²) in [7, 11) is 1.59. The molecule has 4 rings (SSSR count). The van der Waals surface area contributed by atoms with Crippen molar-refractivity contribution in [2.75, 3.05) is 12.4 Å². The summed E-state index contributed by atoms with van der Waals surface area (Å²) in [5, 5.41) is 16.2. The minimum Gasteiger partial charge on any atom is -0.497 e. The number of amides is 3. The van der Waals surface area contributed by atoms with Gasteiger partial charge in [0.05, 0.1) is 30.9 Å². The number of aryl methyl sites for hydroxylation is 1. The molecule has 2 aromatic heterocycles. The van der Waals surface area contributed by atoms with Gasteiger partial charge < -0.3 is 20.4 Å². The largest absolute Gasteiger partial charge is 0.497 e. The van der Waals surface area contributed by atoms with Crippen molar-refractivity contribution in [2.24, 2.45) is 0 Å². The van der Waals surface area contributed by atoms with E-state index in [1.165, 1.54) is 0 Å². The molecule has 4 aromatic rings. The standard InChI is InChI=1S/C29H33N5O5/c1-18-22(23-15-21(39-2)12-13-25(23)31-18)16-28(36)33-26(10-4-3-5-11-27(35)34-38)29(37)32-20-14-19-8-6-7-9-24(19)30-17-20/h6-9,12-15,17,26,31,38H,3-5,10-11,16H2,1-2H3,(H,32,37)(H,33,36)(H,34,35)/t26-/m0/s1. The zero-order chi connectivity index (χ0) is 27.8. The quantitative estimate of drug-likeness (QED) is 0.105. The Bertz CT molecular complexity index is 1480. The number of nitrogens with one attached hydrogen (secondary N) is 4. The number of nitrogens with zero attached hydrogens (tertiary/aromatic N) is 1. The third-order valence-electron chi connectivity index (χ3n) is 6.70. The molecule has 1 atom stereocenters. The molecule has 0 spiro atoms. The zero-order valence-electron chi connectivity index (χ0n) is 22.0. The van der Waals surface area contributed by atoms with Gasteiger partial charge in [-0.05, 0) is 55.7 Å². The second-order valence-corrected chi connectivity index (χ2v) is 9.48. The minimum atomic E-state index is -0.782. The SMILES string of the molecule is COc1ccc2[nH]c(C)c(CC(=O)N[C@@H](CCCCCC(=O)NO)C(=O)Nc3cnc4ccccc4c3)c2c1. The number of ether oxygens (including phenoxy) is 1. The van der Waals surface area contributed by atoms with Crippen LogP contribution in [-0.2, 0) is 20.8 Å². The first-order chi connectivity index (χ1) is 18.9. The molecule has 0 aliphatic carbocycles. The normalized spacial score (nSPS) is 11.8. The van der Waals surface area contributed by atoms with Gasteiger partial charge in [0.2, 0.25) is 17.7 Å². The fourth-order valence-electron chi connectivity index (χ4n) is 4.63. The molecule has 2 heterocycles. The van der Waals surface area contributed by atoms with Gasteiger partial charge in [-0.25, -0.2) is 5.48 Å². The van der Waals surface area contributed by atoms with Crippen molar-refractivity contribution < 1.29 is 24.3 Å². The van der Waals surface area contributed by atoms with E-state index in [2.05, 4.69) is 20.6 Å². The van der Waals surface area contributed by atoms with E-state index in [4.69, 9.17) is 9.94 Å². The average molecular weight is 532 g/mol. The number of aromatic amines is 1. The number of para-hydroxylation sites is 1. The van der Waals surface area contributed by atoms with Gasteiger partial charge in [-0.2, -0.15) is 0 Å². The molecule has 3 amide bonds. The van der Waals surface area contributed by atoms with Crippen molar-refractivity contribution in [2.45, 2.75) is 51.5 Å². The molecule has 0 saturated carbocycles. The Hall–Kier alpha value is -4.44. The summed E-state index contributed by atoms with van der Waals surface area (Å²) < 4.78 is 5.35. The van der Waals surface area contributed by atoms with E-state index < -0.39 is 11.9 Å². The lowest BCUT2D eigenvalue weighted by Gasteiger charge is -2.19. The van der Waals surface area contributed by atoms with Crippen LogP contribution >= 0.6 is 0 Å². The van der Waals surface area contributed by atoms with Crippen LogP contribution < -0.4 is 20.9 Å². The summed E-state index contributed by atoms with van der Waals surface area (Å²) in [4.78, 5) is 45.4. The molecule has 0 radical (unpaired) electrons. The number of methoxy groups -OCH3 is 1.